The number of carboxylic acids is 1. The number of carbonyl (C=O) groups excluding carboxylic acids is 1. The molecule has 1 aliphatic heterocycles. The lowest BCUT2D eigenvalue weighted by Gasteiger charge is -2.14. The molecule has 1 amide bonds. The largest absolute Gasteiger partial charge is 0.493 e. The number of carbonyl (C=O) groups is 2. The van der Waals surface area contributed by atoms with E-state index in [1.807, 2.05) is 6.07 Å². The Kier molecular flexibility index (Phi) is 7.82. The number of allylic oxidation sites excluding steroid dienone is 1. The number of hydrogen-bond acceptors (Lipinski definition) is 7. The molecule has 1 fully saturated rings. The van der Waals surface area contributed by atoms with E-state index in [4.69, 9.17) is 14.6 Å². The topological polar surface area (TPSA) is 110 Å². The summed E-state index contributed by atoms with van der Waals surface area (Å²) in [5, 5.41) is 18.8. The SMILES string of the molecule is C=CCOc1c(CC=C)cc(C=NN=C2NC(=O)C(CC(=O)O)S2)cc1OC. The molecule has 1 atom stereocenters. The van der Waals surface area contributed by atoms with E-state index in [2.05, 4.69) is 28.7 Å². The zero-order chi connectivity index (χ0) is 20.5. The van der Waals surface area contributed by atoms with Gasteiger partial charge in [0.05, 0.1) is 19.7 Å². The van der Waals surface area contributed by atoms with E-state index in [1.54, 1.807) is 25.3 Å². The summed E-state index contributed by atoms with van der Waals surface area (Å²) in [6.07, 6.45) is 5.21. The fourth-order valence-corrected chi connectivity index (χ4v) is 3.33. The number of amides is 1. The highest BCUT2D eigenvalue weighted by molar-refractivity contribution is 8.15. The van der Waals surface area contributed by atoms with Gasteiger partial charge in [0.1, 0.15) is 11.9 Å². The van der Waals surface area contributed by atoms with Crippen LogP contribution >= 0.6 is 11.8 Å². The normalized spacial score (nSPS) is 17.5. The second kappa shape index (κ2) is 10.3. The second-order valence-electron chi connectivity index (χ2n) is 5.65. The maximum atomic E-state index is 11.7. The van der Waals surface area contributed by atoms with Crippen molar-refractivity contribution in [1.29, 1.82) is 0 Å². The lowest BCUT2D eigenvalue weighted by atomic mass is 10.1. The summed E-state index contributed by atoms with van der Waals surface area (Å²) in [6, 6.07) is 3.63. The number of amidine groups is 1. The van der Waals surface area contributed by atoms with Crippen LogP contribution in [0.3, 0.4) is 0 Å². The Hall–Kier alpha value is -3.07. The lowest BCUT2D eigenvalue weighted by Crippen LogP contribution is -2.26. The molecule has 2 N–H and O–H groups in total. The highest BCUT2D eigenvalue weighted by Gasteiger charge is 2.32. The van der Waals surface area contributed by atoms with Crippen molar-refractivity contribution in [2.75, 3.05) is 13.7 Å². The number of methoxy groups -OCH3 is 1. The van der Waals surface area contributed by atoms with Crippen molar-refractivity contribution in [3.63, 3.8) is 0 Å². The third-order valence-electron chi connectivity index (χ3n) is 3.58. The van der Waals surface area contributed by atoms with Crippen molar-refractivity contribution in [1.82, 2.24) is 5.32 Å². The number of nitrogens with one attached hydrogen (secondary N) is 1. The summed E-state index contributed by atoms with van der Waals surface area (Å²) in [5.41, 5.74) is 1.59. The molecule has 148 valence electrons. The fraction of sp³-hybridized carbons (Fsp3) is 0.263. The van der Waals surface area contributed by atoms with E-state index in [0.717, 1.165) is 22.9 Å². The number of benzene rings is 1. The van der Waals surface area contributed by atoms with Gasteiger partial charge in [-0.25, -0.2) is 0 Å². The van der Waals surface area contributed by atoms with Crippen molar-refractivity contribution < 1.29 is 24.2 Å². The molecule has 1 saturated heterocycles. The molecule has 1 heterocycles. The standard InChI is InChI=1S/C19H21N3O5S/c1-4-6-13-8-12(9-14(26-3)17(13)27-7-5-2)11-20-22-19-21-18(25)15(28-19)10-16(23)24/h4-5,8-9,11,15H,1-2,6-7,10H2,3H3,(H,23,24)(H,21,22,25). The number of hydrogen-bond donors (Lipinski definition) is 2. The highest BCUT2D eigenvalue weighted by Crippen LogP contribution is 2.33. The van der Waals surface area contributed by atoms with Gasteiger partial charge in [0.2, 0.25) is 5.91 Å². The zero-order valence-corrected chi connectivity index (χ0v) is 16.2. The molecule has 0 spiro atoms. The Morgan fingerprint density at radius 1 is 1.39 bits per heavy atom. The number of ether oxygens (including phenoxy) is 2. The van der Waals surface area contributed by atoms with Gasteiger partial charge in [-0.05, 0) is 24.1 Å². The average molecular weight is 403 g/mol. The van der Waals surface area contributed by atoms with Crippen LogP contribution in [0.4, 0.5) is 0 Å². The van der Waals surface area contributed by atoms with Crippen LogP contribution in [0.25, 0.3) is 0 Å². The molecule has 1 aliphatic rings. The third kappa shape index (κ3) is 5.71. The molecule has 0 aliphatic carbocycles. The van der Waals surface area contributed by atoms with Gasteiger partial charge in [0, 0.05) is 5.56 Å². The summed E-state index contributed by atoms with van der Waals surface area (Å²) >= 11 is 1.04. The van der Waals surface area contributed by atoms with Crippen LogP contribution in [0.5, 0.6) is 11.5 Å². The fourth-order valence-electron chi connectivity index (χ4n) is 2.42. The van der Waals surface area contributed by atoms with Gasteiger partial charge in [-0.3, -0.25) is 9.59 Å². The van der Waals surface area contributed by atoms with Crippen LogP contribution < -0.4 is 14.8 Å². The van der Waals surface area contributed by atoms with Gasteiger partial charge in [-0.15, -0.1) is 11.7 Å². The van der Waals surface area contributed by atoms with E-state index < -0.39 is 11.2 Å². The highest BCUT2D eigenvalue weighted by atomic mass is 32.2. The predicted octanol–water partition coefficient (Wildman–Crippen LogP) is 2.38. The molecule has 1 unspecified atom stereocenters. The summed E-state index contributed by atoms with van der Waals surface area (Å²) in [6.45, 7) is 7.74. The van der Waals surface area contributed by atoms with Crippen molar-refractivity contribution in [2.24, 2.45) is 10.2 Å². The first-order valence-corrected chi connectivity index (χ1v) is 9.22. The van der Waals surface area contributed by atoms with Gasteiger partial charge in [-0.1, -0.05) is 30.5 Å². The van der Waals surface area contributed by atoms with Crippen LogP contribution in [-0.2, 0) is 16.0 Å². The van der Waals surface area contributed by atoms with E-state index in [-0.39, 0.29) is 17.5 Å². The van der Waals surface area contributed by atoms with Crippen LogP contribution in [-0.4, -0.2) is 47.3 Å². The van der Waals surface area contributed by atoms with E-state index in [9.17, 15) is 9.59 Å². The maximum Gasteiger partial charge on any atom is 0.305 e. The maximum absolute atomic E-state index is 11.7. The van der Waals surface area contributed by atoms with Gasteiger partial charge >= 0.3 is 5.97 Å². The molecular weight excluding hydrogens is 382 g/mol. The van der Waals surface area contributed by atoms with E-state index >= 15 is 0 Å². The molecule has 1 aromatic carbocycles. The van der Waals surface area contributed by atoms with Gasteiger partial charge < -0.3 is 19.9 Å². The predicted molar refractivity (Wildman–Crippen MR) is 109 cm³/mol. The summed E-state index contributed by atoms with van der Waals surface area (Å²) < 4.78 is 11.1. The average Bonchev–Trinajstić information content (AvgIpc) is 2.99. The number of nitrogens with zero attached hydrogens (tertiary/aromatic N) is 2. The van der Waals surface area contributed by atoms with Crippen LogP contribution in [0, 0.1) is 0 Å². The van der Waals surface area contributed by atoms with Crippen LogP contribution in [0.15, 0.2) is 47.6 Å². The molecule has 8 nitrogen and oxygen atoms in total. The molecule has 1 aromatic rings. The number of carboxylic acid groups (broad SMARTS) is 1. The van der Waals surface area contributed by atoms with Crippen LogP contribution in [0.2, 0.25) is 0 Å². The Morgan fingerprint density at radius 2 is 2.18 bits per heavy atom. The minimum absolute atomic E-state index is 0.261. The third-order valence-corrected chi connectivity index (χ3v) is 4.65. The number of aliphatic carboxylic acids is 1. The first-order valence-electron chi connectivity index (χ1n) is 8.34. The molecule has 0 saturated carbocycles. The first-order chi connectivity index (χ1) is 13.5. The second-order valence-corrected chi connectivity index (χ2v) is 6.84. The Bertz CT molecular complexity index is 835. The van der Waals surface area contributed by atoms with Gasteiger partial charge in [0.15, 0.2) is 16.7 Å². The van der Waals surface area contributed by atoms with Gasteiger partial charge in [-0.2, -0.15) is 5.10 Å². The summed E-state index contributed by atoms with van der Waals surface area (Å²) in [5.74, 6) is -0.278. The zero-order valence-electron chi connectivity index (χ0n) is 15.4. The van der Waals surface area contributed by atoms with E-state index in [0.29, 0.717) is 24.5 Å². The minimum atomic E-state index is -1.04. The Labute approximate surface area is 167 Å². The van der Waals surface area contributed by atoms with Crippen molar-refractivity contribution in [2.45, 2.75) is 18.1 Å². The molecule has 28 heavy (non-hydrogen) atoms. The molecule has 0 radical (unpaired) electrons. The van der Waals surface area contributed by atoms with E-state index in [1.165, 1.54) is 6.21 Å². The monoisotopic (exact) mass is 403 g/mol. The first kappa shape index (κ1) is 21.2. The Morgan fingerprint density at radius 3 is 2.82 bits per heavy atom. The molecule has 0 bridgehead atoms. The van der Waals surface area contributed by atoms with Crippen molar-refractivity contribution in [3.05, 3.63) is 48.6 Å². The summed E-state index contributed by atoms with van der Waals surface area (Å²) in [4.78, 5) is 22.5. The quantitative estimate of drug-likeness (QED) is 0.353. The molecular formula is C19H21N3O5S. The minimum Gasteiger partial charge on any atom is -0.493 e. The smallest absolute Gasteiger partial charge is 0.305 e. The molecule has 9 heteroatoms. The van der Waals surface area contributed by atoms with Crippen molar-refractivity contribution >= 4 is 35.0 Å². The molecule has 0 aromatic heterocycles. The van der Waals surface area contributed by atoms with Crippen molar-refractivity contribution in [3.8, 4) is 11.5 Å². The summed E-state index contributed by atoms with van der Waals surface area (Å²) in [7, 11) is 1.54. The van der Waals surface area contributed by atoms with Gasteiger partial charge in [0.25, 0.3) is 0 Å². The molecule has 2 rings (SSSR count). The number of rotatable bonds is 10. The number of thioether (sulfide) groups is 1. The van der Waals surface area contributed by atoms with Crippen LogP contribution in [0.1, 0.15) is 17.5 Å². The Balaban J connectivity index is 2.20. The lowest BCUT2D eigenvalue weighted by molar-refractivity contribution is -0.138.